The number of furan rings is 1. The van der Waals surface area contributed by atoms with E-state index in [2.05, 4.69) is 5.32 Å². The molecular formula is C18H15Cl3NO+. The number of hydrogen-bond donors (Lipinski definition) is 1. The molecule has 3 aromatic rings. The van der Waals surface area contributed by atoms with Crippen LogP contribution in [-0.2, 0) is 13.1 Å². The number of hydrogen-bond acceptors (Lipinski definition) is 1. The largest absolute Gasteiger partial charge is 0.455 e. The van der Waals surface area contributed by atoms with E-state index in [1.54, 1.807) is 6.07 Å². The molecule has 0 unspecified atom stereocenters. The Balaban J connectivity index is 1.64. The maximum absolute atomic E-state index is 6.15. The molecule has 2 aromatic carbocycles. The summed E-state index contributed by atoms with van der Waals surface area (Å²) in [6, 6.07) is 17.1. The monoisotopic (exact) mass is 366 g/mol. The molecule has 23 heavy (non-hydrogen) atoms. The van der Waals surface area contributed by atoms with Crippen LogP contribution in [0.25, 0.3) is 11.3 Å². The Hall–Kier alpha value is -1.45. The van der Waals surface area contributed by atoms with E-state index in [4.69, 9.17) is 39.2 Å². The Bertz CT molecular complexity index is 793. The fraction of sp³-hybridized carbons (Fsp3) is 0.111. The van der Waals surface area contributed by atoms with E-state index >= 15 is 0 Å². The second-order valence-electron chi connectivity index (χ2n) is 5.21. The topological polar surface area (TPSA) is 29.8 Å². The van der Waals surface area contributed by atoms with Crippen LogP contribution < -0.4 is 5.32 Å². The Morgan fingerprint density at radius 2 is 1.57 bits per heavy atom. The zero-order valence-electron chi connectivity index (χ0n) is 12.2. The highest BCUT2D eigenvalue weighted by molar-refractivity contribution is 6.35. The van der Waals surface area contributed by atoms with Crippen molar-refractivity contribution in [3.8, 4) is 11.3 Å². The molecule has 0 aliphatic rings. The number of nitrogens with two attached hydrogens (primary N) is 1. The number of benzene rings is 2. The van der Waals surface area contributed by atoms with Crippen molar-refractivity contribution < 1.29 is 9.73 Å². The summed E-state index contributed by atoms with van der Waals surface area (Å²) in [7, 11) is 0. The van der Waals surface area contributed by atoms with Gasteiger partial charge in [-0.25, -0.2) is 0 Å². The highest BCUT2D eigenvalue weighted by Crippen LogP contribution is 2.28. The maximum Gasteiger partial charge on any atom is 0.158 e. The van der Waals surface area contributed by atoms with Gasteiger partial charge in [-0.1, -0.05) is 53.0 Å². The number of quaternary nitrogens is 1. The van der Waals surface area contributed by atoms with Gasteiger partial charge in [0.1, 0.15) is 18.8 Å². The van der Waals surface area contributed by atoms with E-state index < -0.39 is 0 Å². The molecule has 1 heterocycles. The van der Waals surface area contributed by atoms with Gasteiger partial charge in [0.25, 0.3) is 0 Å². The molecule has 3 rings (SSSR count). The summed E-state index contributed by atoms with van der Waals surface area (Å²) >= 11 is 18.2. The highest BCUT2D eigenvalue weighted by Gasteiger charge is 2.08. The molecule has 0 spiro atoms. The molecule has 2 nitrogen and oxygen atoms in total. The van der Waals surface area contributed by atoms with Gasteiger partial charge in [-0.05, 0) is 36.4 Å². The molecule has 0 saturated heterocycles. The highest BCUT2D eigenvalue weighted by atomic mass is 35.5. The molecule has 5 heteroatoms. The minimum Gasteiger partial charge on any atom is -0.455 e. The zero-order chi connectivity index (χ0) is 16.2. The minimum absolute atomic E-state index is 0.593. The predicted octanol–water partition coefficient (Wildman–Crippen LogP) is 5.17. The minimum atomic E-state index is 0.593. The quantitative estimate of drug-likeness (QED) is 0.662. The van der Waals surface area contributed by atoms with Crippen LogP contribution in [-0.4, -0.2) is 0 Å². The second kappa shape index (κ2) is 7.41. The van der Waals surface area contributed by atoms with Gasteiger partial charge in [-0.15, -0.1) is 0 Å². The van der Waals surface area contributed by atoms with Gasteiger partial charge in [0.05, 0.1) is 0 Å². The van der Waals surface area contributed by atoms with E-state index in [0.717, 1.165) is 40.8 Å². The van der Waals surface area contributed by atoms with Crippen LogP contribution in [0.15, 0.2) is 59.0 Å². The molecule has 0 aliphatic carbocycles. The Morgan fingerprint density at radius 1 is 0.826 bits per heavy atom. The summed E-state index contributed by atoms with van der Waals surface area (Å²) in [5.41, 5.74) is 1.99. The summed E-state index contributed by atoms with van der Waals surface area (Å²) in [5, 5.41) is 4.12. The van der Waals surface area contributed by atoms with Crippen molar-refractivity contribution in [2.24, 2.45) is 0 Å². The Labute approximate surface area is 150 Å². The zero-order valence-corrected chi connectivity index (χ0v) is 14.5. The molecule has 2 N–H and O–H groups in total. The molecule has 0 aliphatic heterocycles. The van der Waals surface area contributed by atoms with Gasteiger partial charge in [0, 0.05) is 26.2 Å². The molecule has 0 bridgehead atoms. The average Bonchev–Trinajstić information content (AvgIpc) is 2.97. The lowest BCUT2D eigenvalue weighted by Crippen LogP contribution is -2.80. The smallest absolute Gasteiger partial charge is 0.158 e. The van der Waals surface area contributed by atoms with E-state index in [1.165, 1.54) is 0 Å². The van der Waals surface area contributed by atoms with Crippen molar-refractivity contribution in [2.75, 3.05) is 0 Å². The lowest BCUT2D eigenvalue weighted by Gasteiger charge is -2.03. The van der Waals surface area contributed by atoms with Crippen molar-refractivity contribution in [1.82, 2.24) is 0 Å². The van der Waals surface area contributed by atoms with Gasteiger partial charge < -0.3 is 9.73 Å². The fourth-order valence-corrected chi connectivity index (χ4v) is 3.11. The summed E-state index contributed by atoms with van der Waals surface area (Å²) in [6.45, 7) is 1.54. The summed E-state index contributed by atoms with van der Waals surface area (Å²) < 4.78 is 5.87. The lowest BCUT2D eigenvalue weighted by molar-refractivity contribution is -0.687. The van der Waals surface area contributed by atoms with E-state index in [1.807, 2.05) is 48.5 Å². The van der Waals surface area contributed by atoms with Crippen molar-refractivity contribution in [1.29, 1.82) is 0 Å². The van der Waals surface area contributed by atoms with Crippen LogP contribution in [0, 0.1) is 0 Å². The van der Waals surface area contributed by atoms with Gasteiger partial charge in [0.2, 0.25) is 0 Å². The third-order valence-electron chi connectivity index (χ3n) is 3.48. The summed E-state index contributed by atoms with van der Waals surface area (Å²) in [5.74, 6) is 1.65. The molecule has 0 atom stereocenters. The first-order chi connectivity index (χ1) is 11.1. The van der Waals surface area contributed by atoms with Gasteiger partial charge in [-0.3, -0.25) is 0 Å². The van der Waals surface area contributed by atoms with Crippen molar-refractivity contribution >= 4 is 34.8 Å². The number of halogens is 3. The van der Waals surface area contributed by atoms with E-state index in [9.17, 15) is 0 Å². The molecule has 0 fully saturated rings. The van der Waals surface area contributed by atoms with Gasteiger partial charge in [0.15, 0.2) is 5.76 Å². The molecular weight excluding hydrogens is 353 g/mol. The first-order valence-corrected chi connectivity index (χ1v) is 8.35. The third-order valence-corrected chi connectivity index (χ3v) is 4.28. The molecule has 118 valence electrons. The predicted molar refractivity (Wildman–Crippen MR) is 94.9 cm³/mol. The van der Waals surface area contributed by atoms with Crippen LogP contribution in [0.1, 0.15) is 11.3 Å². The number of rotatable bonds is 5. The molecule has 0 amide bonds. The van der Waals surface area contributed by atoms with E-state index in [0.29, 0.717) is 10.0 Å². The van der Waals surface area contributed by atoms with Crippen molar-refractivity contribution in [2.45, 2.75) is 13.1 Å². The summed E-state index contributed by atoms with van der Waals surface area (Å²) in [4.78, 5) is 0. The Kier molecular flexibility index (Phi) is 5.29. The van der Waals surface area contributed by atoms with Gasteiger partial charge >= 0.3 is 0 Å². The first-order valence-electron chi connectivity index (χ1n) is 7.22. The maximum atomic E-state index is 6.15. The second-order valence-corrected chi connectivity index (χ2v) is 6.49. The lowest BCUT2D eigenvalue weighted by atomic mass is 10.2. The SMILES string of the molecule is Clc1cc(Cl)cc(-c2ccc(C[NH2+]Cc3ccccc3Cl)o2)c1. The summed E-state index contributed by atoms with van der Waals surface area (Å²) in [6.07, 6.45) is 0. The first kappa shape index (κ1) is 16.4. The average molecular weight is 368 g/mol. The van der Waals surface area contributed by atoms with Crippen LogP contribution in [0.4, 0.5) is 0 Å². The normalized spacial score (nSPS) is 10.9. The van der Waals surface area contributed by atoms with Crippen molar-refractivity contribution in [3.63, 3.8) is 0 Å². The molecule has 1 aromatic heterocycles. The molecule has 0 saturated carbocycles. The molecule has 0 radical (unpaired) electrons. The van der Waals surface area contributed by atoms with Crippen LogP contribution in [0.5, 0.6) is 0 Å². The Morgan fingerprint density at radius 3 is 2.30 bits per heavy atom. The van der Waals surface area contributed by atoms with Crippen LogP contribution in [0.2, 0.25) is 15.1 Å². The standard InChI is InChI=1S/C18H14Cl3NO/c19-14-7-13(8-15(20)9-14)18-6-5-16(23-18)11-22-10-12-3-1-2-4-17(12)21/h1-9,22H,10-11H2/p+1. The third kappa shape index (κ3) is 4.30. The van der Waals surface area contributed by atoms with Crippen LogP contribution in [0.3, 0.4) is 0 Å². The van der Waals surface area contributed by atoms with Gasteiger partial charge in [-0.2, -0.15) is 0 Å². The fourth-order valence-electron chi connectivity index (χ4n) is 2.37. The van der Waals surface area contributed by atoms with E-state index in [-0.39, 0.29) is 0 Å². The van der Waals surface area contributed by atoms with Crippen LogP contribution >= 0.6 is 34.8 Å². The van der Waals surface area contributed by atoms with Crippen molar-refractivity contribution in [3.05, 3.63) is 81.0 Å².